The number of para-hydroxylation sites is 2. The number of rotatable bonds is 6. The first-order valence-electron chi connectivity index (χ1n) is 8.72. The molecule has 0 aliphatic carbocycles. The molecular formula is C19H23BrN2O5S. The van der Waals surface area contributed by atoms with E-state index in [9.17, 15) is 8.42 Å². The molecule has 0 N–H and O–H groups in total. The maximum absolute atomic E-state index is 13.2. The molecule has 0 unspecified atom stereocenters. The number of ether oxygens (including phenoxy) is 3. The van der Waals surface area contributed by atoms with Crippen molar-refractivity contribution in [1.82, 2.24) is 4.31 Å². The Hall–Kier alpha value is -1.97. The third-order valence-electron chi connectivity index (χ3n) is 4.72. The smallest absolute Gasteiger partial charge is 0.244 e. The van der Waals surface area contributed by atoms with Gasteiger partial charge in [0.15, 0.2) is 11.5 Å². The summed E-state index contributed by atoms with van der Waals surface area (Å²) in [6.07, 6.45) is 0. The third kappa shape index (κ3) is 3.92. The van der Waals surface area contributed by atoms with Crippen molar-refractivity contribution in [3.05, 3.63) is 40.9 Å². The maximum Gasteiger partial charge on any atom is 0.244 e. The number of benzene rings is 2. The van der Waals surface area contributed by atoms with Gasteiger partial charge >= 0.3 is 0 Å². The summed E-state index contributed by atoms with van der Waals surface area (Å²) in [5, 5.41) is 0. The molecule has 1 fully saturated rings. The fraction of sp³-hybridized carbons (Fsp3) is 0.368. The van der Waals surface area contributed by atoms with Crippen LogP contribution in [0.2, 0.25) is 0 Å². The largest absolute Gasteiger partial charge is 0.495 e. The van der Waals surface area contributed by atoms with Crippen molar-refractivity contribution >= 4 is 31.6 Å². The second-order valence-electron chi connectivity index (χ2n) is 6.20. The van der Waals surface area contributed by atoms with Crippen LogP contribution in [0.1, 0.15) is 0 Å². The number of hydrogen-bond acceptors (Lipinski definition) is 6. The van der Waals surface area contributed by atoms with E-state index < -0.39 is 10.0 Å². The molecule has 0 amide bonds. The van der Waals surface area contributed by atoms with Crippen molar-refractivity contribution in [3.8, 4) is 17.2 Å². The highest BCUT2D eigenvalue weighted by Crippen LogP contribution is 2.37. The van der Waals surface area contributed by atoms with E-state index in [0.717, 1.165) is 11.4 Å². The molecular weight excluding hydrogens is 448 g/mol. The Balaban J connectivity index is 1.82. The molecule has 1 aliphatic heterocycles. The molecule has 1 saturated heterocycles. The topological polar surface area (TPSA) is 68.3 Å². The second-order valence-corrected chi connectivity index (χ2v) is 8.96. The molecule has 0 radical (unpaired) electrons. The van der Waals surface area contributed by atoms with E-state index in [0.29, 0.717) is 42.2 Å². The summed E-state index contributed by atoms with van der Waals surface area (Å²) >= 11 is 3.35. The number of anilines is 1. The normalized spacial score (nSPS) is 15.4. The first-order chi connectivity index (χ1) is 13.4. The van der Waals surface area contributed by atoms with E-state index in [4.69, 9.17) is 14.2 Å². The fourth-order valence-corrected chi connectivity index (χ4v) is 5.65. The van der Waals surface area contributed by atoms with E-state index in [-0.39, 0.29) is 4.90 Å². The van der Waals surface area contributed by atoms with Crippen LogP contribution in [0.5, 0.6) is 17.2 Å². The zero-order valence-corrected chi connectivity index (χ0v) is 18.4. The molecule has 1 aliphatic rings. The molecule has 3 rings (SSSR count). The number of hydrogen-bond donors (Lipinski definition) is 0. The molecule has 1 heterocycles. The Bertz CT molecular complexity index is 943. The van der Waals surface area contributed by atoms with Gasteiger partial charge in [-0.1, -0.05) is 12.1 Å². The molecule has 9 heteroatoms. The van der Waals surface area contributed by atoms with Gasteiger partial charge in [-0.2, -0.15) is 4.31 Å². The van der Waals surface area contributed by atoms with Crippen LogP contribution in [0.25, 0.3) is 0 Å². The third-order valence-corrected chi connectivity index (χ3v) is 7.58. The van der Waals surface area contributed by atoms with Crippen LogP contribution in [0.15, 0.2) is 45.8 Å². The van der Waals surface area contributed by atoms with Gasteiger partial charge in [0.25, 0.3) is 0 Å². The Kier molecular flexibility index (Phi) is 6.36. The summed E-state index contributed by atoms with van der Waals surface area (Å²) in [6.45, 7) is 1.90. The van der Waals surface area contributed by atoms with Gasteiger partial charge in [-0.15, -0.1) is 0 Å². The molecule has 0 spiro atoms. The minimum Gasteiger partial charge on any atom is -0.495 e. The molecule has 0 atom stereocenters. The maximum atomic E-state index is 13.2. The Labute approximate surface area is 174 Å². The van der Waals surface area contributed by atoms with E-state index in [2.05, 4.69) is 20.8 Å². The lowest BCUT2D eigenvalue weighted by Crippen LogP contribution is -2.48. The van der Waals surface area contributed by atoms with Crippen molar-refractivity contribution in [2.75, 3.05) is 52.4 Å². The minimum atomic E-state index is -3.68. The average molecular weight is 471 g/mol. The Morgan fingerprint density at radius 2 is 1.43 bits per heavy atom. The van der Waals surface area contributed by atoms with Crippen molar-refractivity contribution < 1.29 is 22.6 Å². The summed E-state index contributed by atoms with van der Waals surface area (Å²) in [6, 6.07) is 10.8. The van der Waals surface area contributed by atoms with Gasteiger partial charge in [0, 0.05) is 36.7 Å². The predicted octanol–water partition coefficient (Wildman–Crippen LogP) is 2.99. The lowest BCUT2D eigenvalue weighted by molar-refractivity contribution is 0.352. The van der Waals surface area contributed by atoms with Crippen LogP contribution in [-0.2, 0) is 10.0 Å². The van der Waals surface area contributed by atoms with E-state index >= 15 is 0 Å². The van der Waals surface area contributed by atoms with Gasteiger partial charge in [0.2, 0.25) is 10.0 Å². The van der Waals surface area contributed by atoms with Crippen molar-refractivity contribution in [2.45, 2.75) is 4.90 Å². The number of methoxy groups -OCH3 is 3. The second kappa shape index (κ2) is 8.59. The highest BCUT2D eigenvalue weighted by Gasteiger charge is 2.31. The molecule has 0 bridgehead atoms. The Morgan fingerprint density at radius 3 is 2.04 bits per heavy atom. The van der Waals surface area contributed by atoms with Crippen LogP contribution in [-0.4, -0.2) is 60.2 Å². The molecule has 28 heavy (non-hydrogen) atoms. The van der Waals surface area contributed by atoms with E-state index in [1.54, 1.807) is 13.2 Å². The van der Waals surface area contributed by atoms with Gasteiger partial charge in [0.05, 0.1) is 27.0 Å². The van der Waals surface area contributed by atoms with Gasteiger partial charge in [-0.3, -0.25) is 0 Å². The van der Waals surface area contributed by atoms with Crippen molar-refractivity contribution in [3.63, 3.8) is 0 Å². The first kappa shape index (κ1) is 20.8. The SMILES string of the molecule is COc1cc(Br)c(S(=O)(=O)N2CCN(c3ccccc3OC)CC2)cc1OC. The Morgan fingerprint density at radius 1 is 0.857 bits per heavy atom. The summed E-state index contributed by atoms with van der Waals surface area (Å²) in [5.41, 5.74) is 0.967. The van der Waals surface area contributed by atoms with Gasteiger partial charge in [-0.05, 0) is 34.1 Å². The van der Waals surface area contributed by atoms with Crippen LogP contribution < -0.4 is 19.1 Å². The van der Waals surface area contributed by atoms with Crippen LogP contribution >= 0.6 is 15.9 Å². The quantitative estimate of drug-likeness (QED) is 0.646. The van der Waals surface area contributed by atoms with Gasteiger partial charge in [-0.25, -0.2) is 8.42 Å². The minimum absolute atomic E-state index is 0.163. The van der Waals surface area contributed by atoms with Gasteiger partial charge < -0.3 is 19.1 Å². The molecule has 2 aromatic rings. The van der Waals surface area contributed by atoms with Gasteiger partial charge in [0.1, 0.15) is 10.6 Å². The van der Waals surface area contributed by atoms with Crippen LogP contribution in [0.4, 0.5) is 5.69 Å². The average Bonchev–Trinajstić information content (AvgIpc) is 2.73. The zero-order valence-electron chi connectivity index (χ0n) is 16.0. The van der Waals surface area contributed by atoms with E-state index in [1.807, 2.05) is 24.3 Å². The lowest BCUT2D eigenvalue weighted by Gasteiger charge is -2.36. The number of nitrogens with zero attached hydrogens (tertiary/aromatic N) is 2. The molecule has 0 saturated carbocycles. The van der Waals surface area contributed by atoms with Crippen LogP contribution in [0.3, 0.4) is 0 Å². The molecule has 7 nitrogen and oxygen atoms in total. The molecule has 2 aromatic carbocycles. The van der Waals surface area contributed by atoms with Crippen molar-refractivity contribution in [1.29, 1.82) is 0 Å². The summed E-state index contributed by atoms with van der Waals surface area (Å²) in [4.78, 5) is 2.30. The molecule has 0 aromatic heterocycles. The number of halogens is 1. The predicted molar refractivity (Wildman–Crippen MR) is 111 cm³/mol. The highest BCUT2D eigenvalue weighted by atomic mass is 79.9. The lowest BCUT2D eigenvalue weighted by atomic mass is 10.2. The number of sulfonamides is 1. The van der Waals surface area contributed by atoms with Crippen molar-refractivity contribution in [2.24, 2.45) is 0 Å². The monoisotopic (exact) mass is 470 g/mol. The summed E-state index contributed by atoms with van der Waals surface area (Å²) in [7, 11) is 0.944. The fourth-order valence-electron chi connectivity index (χ4n) is 3.23. The standard InChI is InChI=1S/C19H23BrN2O5S/c1-25-16-7-5-4-6-15(16)21-8-10-22(11-9-21)28(23,24)19-13-18(27-3)17(26-2)12-14(19)20/h4-7,12-13H,8-11H2,1-3H3. The highest BCUT2D eigenvalue weighted by molar-refractivity contribution is 9.10. The zero-order chi connectivity index (χ0) is 20.3. The molecule has 152 valence electrons. The van der Waals surface area contributed by atoms with E-state index in [1.165, 1.54) is 24.6 Å². The number of piperazine rings is 1. The first-order valence-corrected chi connectivity index (χ1v) is 10.9. The summed E-state index contributed by atoms with van der Waals surface area (Å²) in [5.74, 6) is 1.62. The van der Waals surface area contributed by atoms with Crippen LogP contribution in [0, 0.1) is 0 Å². The summed E-state index contributed by atoms with van der Waals surface area (Å²) < 4.78 is 44.2.